The van der Waals surface area contributed by atoms with Crippen molar-refractivity contribution >= 4 is 115 Å². The maximum Gasteiger partial charge on any atom is 0.319 e. The van der Waals surface area contributed by atoms with Crippen molar-refractivity contribution in [2.75, 3.05) is 163 Å². The molecule has 0 unspecified atom stereocenters. The van der Waals surface area contributed by atoms with Gasteiger partial charge in [-0.3, -0.25) is 78.9 Å². The number of nitro groups is 6. The molecule has 0 saturated heterocycles. The molecule has 0 fully saturated rings. The van der Waals surface area contributed by atoms with E-state index in [1.807, 2.05) is 9.80 Å². The van der Waals surface area contributed by atoms with E-state index < -0.39 is 76.1 Å². The van der Waals surface area contributed by atoms with Crippen LogP contribution in [0.1, 0.15) is 158 Å². The molecular formula is C86H132N22O22S. The van der Waals surface area contributed by atoms with E-state index in [1.54, 1.807) is 0 Å². The van der Waals surface area contributed by atoms with E-state index in [-0.39, 0.29) is 147 Å². The molecule has 0 radical (unpaired) electrons. The maximum atomic E-state index is 12.3. The van der Waals surface area contributed by atoms with Crippen LogP contribution in [0.2, 0.25) is 0 Å². The quantitative estimate of drug-likeness (QED) is 0.00555. The zero-order chi connectivity index (χ0) is 97.4. The molecule has 0 saturated carbocycles. The number of benzene rings is 6. The number of nitrogens with one attached hydrogen (secondary N) is 12. The van der Waals surface area contributed by atoms with Crippen molar-refractivity contribution in [1.82, 2.24) is 41.7 Å². The summed E-state index contributed by atoms with van der Waals surface area (Å²) < 4.78 is 36.9. The third kappa shape index (κ3) is 53.0. The van der Waals surface area contributed by atoms with E-state index in [1.165, 1.54) is 310 Å². The summed E-state index contributed by atoms with van der Waals surface area (Å²) in [6, 6.07) is 28.9. The van der Waals surface area contributed by atoms with Crippen molar-refractivity contribution in [2.45, 2.75) is 158 Å². The minimum absolute atomic E-state index is 0.126. The highest BCUT2D eigenvalue weighted by atomic mass is 32.3. The zero-order valence-electron chi connectivity index (χ0n) is 76.2. The second-order valence-corrected chi connectivity index (χ2v) is 31.3. The Kier molecular flexibility index (Phi) is 57.1. The summed E-state index contributed by atoms with van der Waals surface area (Å²) >= 11 is 0. The minimum atomic E-state index is -5.17. The Morgan fingerprint density at radius 1 is 0.267 bits per heavy atom. The zero-order valence-corrected chi connectivity index (χ0v) is 77.0. The molecule has 131 heavy (non-hydrogen) atoms. The fourth-order valence-corrected chi connectivity index (χ4v) is 13.2. The van der Waals surface area contributed by atoms with Crippen LogP contribution in [0.5, 0.6) is 0 Å². The number of rotatable bonds is 54. The fourth-order valence-electron chi connectivity index (χ4n) is 13.2. The maximum absolute atomic E-state index is 12.3. The van der Waals surface area contributed by atoms with Crippen LogP contribution in [0.4, 0.5) is 97.0 Å². The van der Waals surface area contributed by atoms with Gasteiger partial charge in [0.05, 0.1) is 81.9 Å². The van der Waals surface area contributed by atoms with Gasteiger partial charge in [-0.2, -0.15) is 0 Å². The van der Waals surface area contributed by atoms with Gasteiger partial charge in [0.2, 0.25) is 0 Å². The number of hydrogen-bond acceptors (Lipinski definition) is 24. The first-order chi connectivity index (χ1) is 62.5. The van der Waals surface area contributed by atoms with Crippen molar-refractivity contribution in [3.63, 3.8) is 0 Å². The Bertz CT molecular complexity index is 3900. The van der Waals surface area contributed by atoms with Crippen LogP contribution in [0.25, 0.3) is 0 Å². The Labute approximate surface area is 765 Å². The van der Waals surface area contributed by atoms with E-state index in [0.717, 1.165) is 0 Å². The molecule has 0 spiro atoms. The van der Waals surface area contributed by atoms with Crippen LogP contribution < -0.4 is 63.8 Å². The molecule has 6 aromatic carbocycles. The molecule has 0 atom stereocenters. The predicted octanol–water partition coefficient (Wildman–Crippen LogP) is 15.6. The van der Waals surface area contributed by atoms with Gasteiger partial charge in [0, 0.05) is 196 Å². The van der Waals surface area contributed by atoms with Gasteiger partial charge in [0.25, 0.3) is 34.1 Å². The summed E-state index contributed by atoms with van der Waals surface area (Å²) in [6.07, 6.45) is 22.1. The summed E-state index contributed by atoms with van der Waals surface area (Å²) in [4.78, 5) is 140. The number of carbonyl (C=O) groups excluding carboxylic acids is 6. The van der Waals surface area contributed by atoms with Gasteiger partial charge in [-0.05, 0) is 87.8 Å². The highest BCUT2D eigenvalue weighted by Crippen LogP contribution is 2.24. The van der Waals surface area contributed by atoms with Crippen LogP contribution in [-0.4, -0.2) is 233 Å². The minimum Gasteiger partial charge on any atom is -0.759 e. The van der Waals surface area contributed by atoms with Crippen LogP contribution in [0, 0.1) is 60.7 Å². The molecule has 0 aliphatic carbocycles. The largest absolute Gasteiger partial charge is 0.759 e. The number of hydrogen-bond donors (Lipinski definition) is 12. The summed E-state index contributed by atoms with van der Waals surface area (Å²) in [5, 5.41) is 96.6. The number of anilines is 6. The van der Waals surface area contributed by atoms with Gasteiger partial charge in [-0.1, -0.05) is 143 Å². The van der Waals surface area contributed by atoms with Crippen LogP contribution in [0.3, 0.4) is 0 Å². The molecule has 0 aromatic heterocycles. The van der Waals surface area contributed by atoms with E-state index in [2.05, 4.69) is 119 Å². The lowest BCUT2D eigenvalue weighted by Crippen LogP contribution is -2.50. The summed E-state index contributed by atoms with van der Waals surface area (Å²) in [5.74, 6) is 0. The monoisotopic (exact) mass is 1860 g/mol. The number of quaternary nitrogens is 2. The molecule has 0 aliphatic heterocycles. The molecule has 12 amide bonds. The smallest absolute Gasteiger partial charge is 0.319 e. The fraction of sp³-hybridized carbons (Fsp3) is 0.512. The number of urea groups is 6. The van der Waals surface area contributed by atoms with Crippen molar-refractivity contribution in [3.8, 4) is 0 Å². The predicted molar refractivity (Wildman–Crippen MR) is 503 cm³/mol. The molecule has 0 bridgehead atoms. The second-order valence-electron chi connectivity index (χ2n) is 30.5. The molecular weight excluding hydrogens is 1730 g/mol. The van der Waals surface area contributed by atoms with Crippen LogP contribution in [-0.2, 0) is 10.4 Å². The van der Waals surface area contributed by atoms with Gasteiger partial charge in [0.15, 0.2) is 0 Å². The van der Waals surface area contributed by atoms with E-state index >= 15 is 0 Å². The van der Waals surface area contributed by atoms with Crippen LogP contribution >= 0.6 is 0 Å². The van der Waals surface area contributed by atoms with Gasteiger partial charge in [0.1, 0.15) is 0 Å². The standard InChI is InChI=1S/2C27H30N10O9.2C16H36N.H2O4S/c2*38-25(31-19-4-1-7-22(16-19)35(41)42)28-10-13-34(14-11-29-26(39)32-20-5-2-8-23(17-20)36(43)44)15-12-30-27(40)33-21-6-3-9-24(18-21)37(45)46;2*1-5-9-13-17(14-10-6-2,15-11-7-3)16-12-8-4;1-5(2,3)4/h2*1-9,16-18H,10-15H2,(H2,28,31,38)(H2,29,32,39)(H2,30,33,40);2*5-16H2,1-4H3;(H2,1,2,3,4)/q;;2*+1;/p-2. The van der Waals surface area contributed by atoms with Crippen molar-refractivity contribution in [2.24, 2.45) is 0 Å². The average molecular weight is 1860 g/mol. The third-order valence-electron chi connectivity index (χ3n) is 20.1. The third-order valence-corrected chi connectivity index (χ3v) is 20.1. The molecule has 724 valence electrons. The van der Waals surface area contributed by atoms with Crippen molar-refractivity contribution in [3.05, 3.63) is 206 Å². The lowest BCUT2D eigenvalue weighted by atomic mass is 10.1. The highest BCUT2D eigenvalue weighted by Gasteiger charge is 2.27. The summed E-state index contributed by atoms with van der Waals surface area (Å²) in [6.45, 7) is 32.4. The number of carbonyl (C=O) groups is 6. The number of non-ortho nitro benzene ring substituents is 6. The Balaban J connectivity index is 0.000000634. The Morgan fingerprint density at radius 3 is 0.511 bits per heavy atom. The molecule has 44 nitrogen and oxygen atoms in total. The first kappa shape index (κ1) is 114. The van der Waals surface area contributed by atoms with E-state index in [9.17, 15) is 89.5 Å². The number of nitro benzene ring substituents is 6. The van der Waals surface area contributed by atoms with Crippen molar-refractivity contribution < 1.29 is 84.8 Å². The normalized spacial score (nSPS) is 10.8. The SMILES string of the molecule is CCCC[N+](CCCC)(CCCC)CCCC.CCCC[N+](CCCC)(CCCC)CCCC.O=C(NCCN(CCNC(=O)Nc1cccc([N+](=O)[O-])c1)CCNC(=O)Nc1cccc([N+](=O)[O-])c1)Nc1cccc([N+](=O)[O-])c1.O=C(NCCN(CCNC(=O)Nc1cccc([N+](=O)[O-])c1)CCNC(=O)Nc1cccc([N+](=O)[O-])c1)Nc1cccc([N+](=O)[O-])c1.O=S(=O)([O-])[O-]. The number of nitrogens with zero attached hydrogens (tertiary/aromatic N) is 10. The second kappa shape index (κ2) is 65.6. The molecule has 6 aromatic rings. The number of amides is 12. The molecule has 12 N–H and O–H groups in total. The summed E-state index contributed by atoms with van der Waals surface area (Å²) in [7, 11) is -5.17. The van der Waals surface area contributed by atoms with Crippen LogP contribution in [0.15, 0.2) is 146 Å². The topological polar surface area (TPSA) is 592 Å². The molecule has 6 rings (SSSR count). The van der Waals surface area contributed by atoms with Gasteiger partial charge < -0.3 is 81.9 Å². The van der Waals surface area contributed by atoms with E-state index in [4.69, 9.17) is 17.5 Å². The Morgan fingerprint density at radius 2 is 0.397 bits per heavy atom. The first-order valence-electron chi connectivity index (χ1n) is 44.1. The van der Waals surface area contributed by atoms with Crippen molar-refractivity contribution in [1.29, 1.82) is 0 Å². The van der Waals surface area contributed by atoms with Gasteiger partial charge >= 0.3 is 36.2 Å². The molecule has 45 heteroatoms. The average Bonchev–Trinajstić information content (AvgIpc) is 0.848. The molecule has 0 heterocycles. The molecule has 0 aliphatic rings. The Hall–Kier alpha value is -13.0. The summed E-state index contributed by atoms with van der Waals surface area (Å²) in [5.41, 5.74) is 0.219. The van der Waals surface area contributed by atoms with E-state index in [0.29, 0.717) is 0 Å². The lowest BCUT2D eigenvalue weighted by Gasteiger charge is -2.39. The van der Waals surface area contributed by atoms with Gasteiger partial charge in [-0.15, -0.1) is 0 Å². The lowest BCUT2D eigenvalue weighted by molar-refractivity contribution is -0.929. The van der Waals surface area contributed by atoms with Gasteiger partial charge in [-0.25, -0.2) is 28.8 Å². The highest BCUT2D eigenvalue weighted by molar-refractivity contribution is 7.79. The first-order valence-corrected chi connectivity index (χ1v) is 45.4. The number of unbranched alkanes of at least 4 members (excludes halogenated alkanes) is 8.